The maximum atomic E-state index is 6.07. The fourth-order valence-corrected chi connectivity index (χ4v) is 2.70. The number of likely N-dealkylation sites (tertiary alicyclic amines) is 1. The van der Waals surface area contributed by atoms with Crippen LogP contribution in [0.15, 0.2) is 17.1 Å². The lowest BCUT2D eigenvalue weighted by Gasteiger charge is -2.31. The van der Waals surface area contributed by atoms with Gasteiger partial charge in [0.2, 0.25) is 0 Å². The van der Waals surface area contributed by atoms with Gasteiger partial charge in [0.25, 0.3) is 0 Å². The molecule has 0 bridgehead atoms. The fourth-order valence-electron chi connectivity index (χ4n) is 2.70. The molecular formula is C14H27IN4. The molecule has 2 rings (SSSR count). The van der Waals surface area contributed by atoms with E-state index in [0.717, 1.165) is 51.1 Å². The minimum atomic E-state index is 0. The summed E-state index contributed by atoms with van der Waals surface area (Å²) in [6.45, 7) is 8.51. The Balaban J connectivity index is 0.00000180. The number of aliphatic imine (C=N–C) groups is 1. The largest absolute Gasteiger partial charge is 0.370 e. The number of nitrogens with two attached hydrogens (primary N) is 1. The van der Waals surface area contributed by atoms with Gasteiger partial charge >= 0.3 is 0 Å². The first-order chi connectivity index (χ1) is 8.75. The maximum absolute atomic E-state index is 6.07. The summed E-state index contributed by atoms with van der Waals surface area (Å²) in [5.74, 6) is 1.49. The Bertz CT molecular complexity index is 317. The molecule has 1 atom stereocenters. The second-order valence-electron chi connectivity index (χ2n) is 5.49. The zero-order valence-corrected chi connectivity index (χ0v) is 14.3. The molecule has 0 aromatic carbocycles. The number of hydrogen-bond acceptors (Lipinski definition) is 2. The number of piperidine rings is 1. The minimum absolute atomic E-state index is 0. The van der Waals surface area contributed by atoms with Gasteiger partial charge in [0.05, 0.1) is 6.54 Å². The molecule has 1 saturated heterocycles. The van der Waals surface area contributed by atoms with E-state index in [1.807, 2.05) is 0 Å². The summed E-state index contributed by atoms with van der Waals surface area (Å²) in [6, 6.07) is 0. The van der Waals surface area contributed by atoms with Crippen LogP contribution in [0.25, 0.3) is 0 Å². The van der Waals surface area contributed by atoms with Crippen molar-refractivity contribution in [3.63, 3.8) is 0 Å². The van der Waals surface area contributed by atoms with E-state index in [0.29, 0.717) is 0 Å². The molecular weight excluding hydrogens is 351 g/mol. The van der Waals surface area contributed by atoms with Crippen molar-refractivity contribution in [1.29, 1.82) is 0 Å². The van der Waals surface area contributed by atoms with Gasteiger partial charge in [-0.05, 0) is 25.2 Å². The van der Waals surface area contributed by atoms with Gasteiger partial charge in [0.1, 0.15) is 0 Å². The zero-order chi connectivity index (χ0) is 12.8. The molecule has 4 nitrogen and oxygen atoms in total. The molecule has 1 unspecified atom stereocenters. The number of halogens is 1. The number of guanidine groups is 1. The summed E-state index contributed by atoms with van der Waals surface area (Å²) in [5, 5.41) is 0. The molecule has 0 radical (unpaired) electrons. The number of rotatable bonds is 3. The van der Waals surface area contributed by atoms with Crippen LogP contribution in [0.4, 0.5) is 0 Å². The predicted octanol–water partition coefficient (Wildman–Crippen LogP) is 1.91. The molecule has 2 aliphatic rings. The highest BCUT2D eigenvalue weighted by Gasteiger charge is 2.17. The molecule has 0 aromatic rings. The van der Waals surface area contributed by atoms with Crippen LogP contribution < -0.4 is 5.73 Å². The first-order valence-corrected chi connectivity index (χ1v) is 7.18. The Hall–Kier alpha value is -0.300. The first kappa shape index (κ1) is 16.8. The van der Waals surface area contributed by atoms with Crippen molar-refractivity contribution in [3.8, 4) is 0 Å². The minimum Gasteiger partial charge on any atom is -0.370 e. The van der Waals surface area contributed by atoms with Gasteiger partial charge in [-0.2, -0.15) is 0 Å². The molecule has 0 saturated carbocycles. The SMILES string of the molecule is CC1CCCN(C(N)=NCCN2CC=CCC2)C1.I. The van der Waals surface area contributed by atoms with E-state index < -0.39 is 0 Å². The molecule has 1 fully saturated rings. The highest BCUT2D eigenvalue weighted by atomic mass is 127. The normalized spacial score (nSPS) is 25.2. The van der Waals surface area contributed by atoms with E-state index in [1.54, 1.807) is 0 Å². The highest BCUT2D eigenvalue weighted by molar-refractivity contribution is 14.0. The number of nitrogens with zero attached hydrogens (tertiary/aromatic N) is 3. The summed E-state index contributed by atoms with van der Waals surface area (Å²) < 4.78 is 0. The van der Waals surface area contributed by atoms with Gasteiger partial charge in [0.15, 0.2) is 5.96 Å². The molecule has 110 valence electrons. The van der Waals surface area contributed by atoms with Crippen molar-refractivity contribution in [2.75, 3.05) is 39.3 Å². The Morgan fingerprint density at radius 2 is 2.21 bits per heavy atom. The molecule has 0 aliphatic carbocycles. The standard InChI is InChI=1S/C14H26N4.HI/c1-13-6-5-10-18(12-13)14(15)16-7-11-17-8-3-2-4-9-17;/h2-3,13H,4-12H2,1H3,(H2,15,16);1H. The topological polar surface area (TPSA) is 44.9 Å². The van der Waals surface area contributed by atoms with Gasteiger partial charge in [-0.1, -0.05) is 19.1 Å². The van der Waals surface area contributed by atoms with E-state index in [2.05, 4.69) is 33.9 Å². The molecule has 0 aromatic heterocycles. The van der Waals surface area contributed by atoms with Crippen molar-refractivity contribution in [2.24, 2.45) is 16.6 Å². The van der Waals surface area contributed by atoms with E-state index in [-0.39, 0.29) is 24.0 Å². The van der Waals surface area contributed by atoms with Gasteiger partial charge in [-0.15, -0.1) is 24.0 Å². The third-order valence-electron chi connectivity index (χ3n) is 3.81. The van der Waals surface area contributed by atoms with Crippen molar-refractivity contribution >= 4 is 29.9 Å². The van der Waals surface area contributed by atoms with Crippen molar-refractivity contribution in [3.05, 3.63) is 12.2 Å². The Morgan fingerprint density at radius 3 is 2.89 bits per heavy atom. The second kappa shape index (κ2) is 8.79. The lowest BCUT2D eigenvalue weighted by molar-refractivity contribution is 0.269. The third-order valence-corrected chi connectivity index (χ3v) is 3.81. The maximum Gasteiger partial charge on any atom is 0.191 e. The second-order valence-corrected chi connectivity index (χ2v) is 5.49. The molecule has 2 aliphatic heterocycles. The van der Waals surface area contributed by atoms with Crippen LogP contribution in [-0.4, -0.2) is 55.0 Å². The fraction of sp³-hybridized carbons (Fsp3) is 0.786. The summed E-state index contributed by atoms with van der Waals surface area (Å²) in [6.07, 6.45) is 8.23. The quantitative estimate of drug-likeness (QED) is 0.353. The zero-order valence-electron chi connectivity index (χ0n) is 11.9. The predicted molar refractivity (Wildman–Crippen MR) is 92.1 cm³/mol. The van der Waals surface area contributed by atoms with E-state index in [4.69, 9.17) is 5.73 Å². The Morgan fingerprint density at radius 1 is 1.37 bits per heavy atom. The number of hydrogen-bond donors (Lipinski definition) is 1. The first-order valence-electron chi connectivity index (χ1n) is 7.18. The molecule has 2 N–H and O–H groups in total. The van der Waals surface area contributed by atoms with Crippen molar-refractivity contribution in [1.82, 2.24) is 9.80 Å². The Labute approximate surface area is 134 Å². The molecule has 19 heavy (non-hydrogen) atoms. The summed E-state index contributed by atoms with van der Waals surface area (Å²) in [5.41, 5.74) is 6.07. The van der Waals surface area contributed by atoms with Crippen LogP contribution in [-0.2, 0) is 0 Å². The van der Waals surface area contributed by atoms with Crippen LogP contribution in [0.5, 0.6) is 0 Å². The molecule has 0 spiro atoms. The van der Waals surface area contributed by atoms with Gasteiger partial charge in [-0.3, -0.25) is 9.89 Å². The van der Waals surface area contributed by atoms with Gasteiger partial charge in [-0.25, -0.2) is 0 Å². The average molecular weight is 378 g/mol. The van der Waals surface area contributed by atoms with Gasteiger partial charge < -0.3 is 10.6 Å². The summed E-state index contributed by atoms with van der Waals surface area (Å²) >= 11 is 0. The molecule has 0 amide bonds. The monoisotopic (exact) mass is 378 g/mol. The Kier molecular flexibility index (Phi) is 7.75. The third kappa shape index (κ3) is 5.69. The van der Waals surface area contributed by atoms with Gasteiger partial charge in [0, 0.05) is 32.7 Å². The summed E-state index contributed by atoms with van der Waals surface area (Å²) in [4.78, 5) is 9.20. The van der Waals surface area contributed by atoms with E-state index in [1.165, 1.54) is 19.3 Å². The van der Waals surface area contributed by atoms with E-state index >= 15 is 0 Å². The van der Waals surface area contributed by atoms with Crippen LogP contribution in [0.2, 0.25) is 0 Å². The lowest BCUT2D eigenvalue weighted by Crippen LogP contribution is -2.43. The van der Waals surface area contributed by atoms with Crippen LogP contribution in [0.3, 0.4) is 0 Å². The van der Waals surface area contributed by atoms with Crippen LogP contribution in [0, 0.1) is 5.92 Å². The van der Waals surface area contributed by atoms with Crippen molar-refractivity contribution < 1.29 is 0 Å². The molecule has 5 heteroatoms. The molecule has 2 heterocycles. The van der Waals surface area contributed by atoms with E-state index in [9.17, 15) is 0 Å². The van der Waals surface area contributed by atoms with Crippen LogP contribution >= 0.6 is 24.0 Å². The smallest absolute Gasteiger partial charge is 0.191 e. The highest BCUT2D eigenvalue weighted by Crippen LogP contribution is 2.14. The lowest BCUT2D eigenvalue weighted by atomic mass is 10.0. The van der Waals surface area contributed by atoms with Crippen molar-refractivity contribution in [2.45, 2.75) is 26.2 Å². The summed E-state index contributed by atoms with van der Waals surface area (Å²) in [7, 11) is 0. The van der Waals surface area contributed by atoms with Crippen LogP contribution in [0.1, 0.15) is 26.2 Å². The average Bonchev–Trinajstić information content (AvgIpc) is 2.40.